The number of aliphatic hydroxyl groups is 1. The Bertz CT molecular complexity index is 913. The van der Waals surface area contributed by atoms with Crippen LogP contribution in [0.25, 0.3) is 6.08 Å². The highest BCUT2D eigenvalue weighted by molar-refractivity contribution is 6.24. The maximum Gasteiger partial charge on any atom is 0.261 e. The molecule has 2 aromatic rings. The van der Waals surface area contributed by atoms with Gasteiger partial charge in [-0.1, -0.05) is 47.6 Å². The largest absolute Gasteiger partial charge is 0.505 e. The SMILES string of the molecule is COc1ccc(/C=C2\NC(=O)C(C(/C)=N/OCc3ccccc3)=C2O)cc1. The zero-order valence-electron chi connectivity index (χ0n) is 15.1. The number of hydrogen-bond donors (Lipinski definition) is 2. The van der Waals surface area contributed by atoms with Gasteiger partial charge in [0.1, 0.15) is 17.9 Å². The van der Waals surface area contributed by atoms with E-state index in [0.717, 1.165) is 16.9 Å². The Morgan fingerprint density at radius 2 is 1.85 bits per heavy atom. The molecule has 1 aliphatic rings. The Morgan fingerprint density at radius 3 is 2.52 bits per heavy atom. The summed E-state index contributed by atoms with van der Waals surface area (Å²) in [6.45, 7) is 1.90. The average Bonchev–Trinajstić information content (AvgIpc) is 2.96. The first-order valence-electron chi connectivity index (χ1n) is 8.40. The van der Waals surface area contributed by atoms with Crippen LogP contribution in [0.1, 0.15) is 18.1 Å². The van der Waals surface area contributed by atoms with Gasteiger partial charge in [-0.25, -0.2) is 0 Å². The fourth-order valence-electron chi connectivity index (χ4n) is 2.62. The lowest BCUT2D eigenvalue weighted by atomic mass is 10.1. The first-order valence-corrected chi connectivity index (χ1v) is 8.40. The number of hydrogen-bond acceptors (Lipinski definition) is 5. The van der Waals surface area contributed by atoms with Crippen LogP contribution in [-0.2, 0) is 16.2 Å². The Labute approximate surface area is 157 Å². The van der Waals surface area contributed by atoms with Crippen molar-refractivity contribution in [3.63, 3.8) is 0 Å². The number of nitrogens with zero attached hydrogens (tertiary/aromatic N) is 1. The predicted octanol–water partition coefficient (Wildman–Crippen LogP) is 3.57. The fourth-order valence-corrected chi connectivity index (χ4v) is 2.62. The van der Waals surface area contributed by atoms with Gasteiger partial charge in [0.15, 0.2) is 5.76 Å². The molecule has 0 radical (unpaired) electrons. The molecule has 1 aliphatic heterocycles. The summed E-state index contributed by atoms with van der Waals surface area (Å²) in [7, 11) is 1.59. The van der Waals surface area contributed by atoms with E-state index in [0.29, 0.717) is 11.4 Å². The van der Waals surface area contributed by atoms with Gasteiger partial charge in [-0.05, 0) is 36.3 Å². The molecular formula is C21H20N2O4. The number of nitrogens with one attached hydrogen (secondary N) is 1. The van der Waals surface area contributed by atoms with Crippen molar-refractivity contribution in [2.45, 2.75) is 13.5 Å². The van der Waals surface area contributed by atoms with Crippen LogP contribution in [0.4, 0.5) is 0 Å². The van der Waals surface area contributed by atoms with Gasteiger partial charge in [-0.2, -0.15) is 0 Å². The third kappa shape index (κ3) is 4.36. The van der Waals surface area contributed by atoms with E-state index in [4.69, 9.17) is 9.57 Å². The minimum absolute atomic E-state index is 0.0998. The van der Waals surface area contributed by atoms with E-state index >= 15 is 0 Å². The molecule has 2 aromatic carbocycles. The summed E-state index contributed by atoms with van der Waals surface area (Å²) in [6.07, 6.45) is 1.68. The van der Waals surface area contributed by atoms with E-state index in [2.05, 4.69) is 10.5 Å². The van der Waals surface area contributed by atoms with E-state index in [-0.39, 0.29) is 17.9 Å². The molecule has 27 heavy (non-hydrogen) atoms. The first-order chi connectivity index (χ1) is 13.1. The summed E-state index contributed by atoms with van der Waals surface area (Å²) in [6, 6.07) is 16.8. The zero-order valence-corrected chi connectivity index (χ0v) is 15.1. The Morgan fingerprint density at radius 1 is 1.15 bits per heavy atom. The highest BCUT2D eigenvalue weighted by Crippen LogP contribution is 2.23. The number of ether oxygens (including phenoxy) is 1. The molecular weight excluding hydrogens is 344 g/mol. The molecule has 0 spiro atoms. The van der Waals surface area contributed by atoms with Crippen molar-refractivity contribution in [1.29, 1.82) is 0 Å². The number of benzene rings is 2. The van der Waals surface area contributed by atoms with Crippen molar-refractivity contribution >= 4 is 17.7 Å². The molecule has 0 aliphatic carbocycles. The quantitative estimate of drug-likeness (QED) is 0.607. The summed E-state index contributed by atoms with van der Waals surface area (Å²) in [4.78, 5) is 17.5. The van der Waals surface area contributed by atoms with Crippen LogP contribution < -0.4 is 10.1 Å². The first kappa shape index (κ1) is 18.3. The standard InChI is InChI=1S/C21H20N2O4/c1-14(23-27-13-16-6-4-3-5-7-16)19-20(24)18(22-21(19)25)12-15-8-10-17(26-2)11-9-15/h3-12,24H,13H2,1-2H3,(H,22,25)/b18-12-,23-14+. The molecule has 0 saturated heterocycles. The van der Waals surface area contributed by atoms with E-state index < -0.39 is 5.91 Å². The molecule has 1 amide bonds. The minimum Gasteiger partial charge on any atom is -0.505 e. The zero-order chi connectivity index (χ0) is 19.2. The van der Waals surface area contributed by atoms with Gasteiger partial charge in [0.25, 0.3) is 5.91 Å². The van der Waals surface area contributed by atoms with Crippen molar-refractivity contribution in [2.75, 3.05) is 7.11 Å². The number of aliphatic hydroxyl groups excluding tert-OH is 1. The van der Waals surface area contributed by atoms with Crippen LogP contribution in [0.15, 0.2) is 76.8 Å². The van der Waals surface area contributed by atoms with Crippen LogP contribution >= 0.6 is 0 Å². The van der Waals surface area contributed by atoms with Gasteiger partial charge in [0.2, 0.25) is 0 Å². The Kier molecular flexibility index (Phi) is 5.56. The number of amides is 1. The van der Waals surface area contributed by atoms with E-state index in [1.165, 1.54) is 0 Å². The lowest BCUT2D eigenvalue weighted by Crippen LogP contribution is -2.19. The molecule has 0 aromatic heterocycles. The molecule has 3 rings (SSSR count). The van der Waals surface area contributed by atoms with Crippen molar-refractivity contribution in [3.05, 3.63) is 82.8 Å². The molecule has 6 nitrogen and oxygen atoms in total. The second-order valence-electron chi connectivity index (χ2n) is 5.94. The van der Waals surface area contributed by atoms with Crippen LogP contribution in [0.3, 0.4) is 0 Å². The number of oxime groups is 1. The summed E-state index contributed by atoms with van der Waals surface area (Å²) in [5.41, 5.74) is 2.50. The van der Waals surface area contributed by atoms with E-state index in [1.54, 1.807) is 32.2 Å². The normalized spacial score (nSPS) is 15.9. The Hall–Kier alpha value is -3.54. The summed E-state index contributed by atoms with van der Waals surface area (Å²) >= 11 is 0. The number of methoxy groups -OCH3 is 1. The smallest absolute Gasteiger partial charge is 0.261 e. The second-order valence-corrected chi connectivity index (χ2v) is 5.94. The molecule has 0 unspecified atom stereocenters. The number of carbonyl (C=O) groups excluding carboxylic acids is 1. The van der Waals surface area contributed by atoms with Crippen LogP contribution in [0.5, 0.6) is 5.75 Å². The van der Waals surface area contributed by atoms with Crippen LogP contribution in [0, 0.1) is 0 Å². The van der Waals surface area contributed by atoms with Gasteiger partial charge in [-0.3, -0.25) is 4.79 Å². The number of rotatable bonds is 6. The molecule has 138 valence electrons. The predicted molar refractivity (Wildman–Crippen MR) is 103 cm³/mol. The monoisotopic (exact) mass is 364 g/mol. The Balaban J connectivity index is 1.75. The molecule has 0 atom stereocenters. The van der Waals surface area contributed by atoms with Gasteiger partial charge < -0.3 is 20.0 Å². The third-order valence-electron chi connectivity index (χ3n) is 4.03. The molecule has 6 heteroatoms. The maximum absolute atomic E-state index is 12.2. The second kappa shape index (κ2) is 8.23. The minimum atomic E-state index is -0.420. The summed E-state index contributed by atoms with van der Waals surface area (Å²) in [5.74, 6) is 0.156. The van der Waals surface area contributed by atoms with Crippen molar-refractivity contribution in [1.82, 2.24) is 5.32 Å². The van der Waals surface area contributed by atoms with Crippen LogP contribution in [0.2, 0.25) is 0 Å². The highest BCUT2D eigenvalue weighted by atomic mass is 16.6. The molecule has 2 N–H and O–H groups in total. The van der Waals surface area contributed by atoms with E-state index in [1.807, 2.05) is 42.5 Å². The third-order valence-corrected chi connectivity index (χ3v) is 4.03. The van der Waals surface area contributed by atoms with Gasteiger partial charge in [0.05, 0.1) is 18.5 Å². The fraction of sp³-hybridized carbons (Fsp3) is 0.143. The van der Waals surface area contributed by atoms with Gasteiger partial charge in [-0.15, -0.1) is 0 Å². The topological polar surface area (TPSA) is 80.2 Å². The maximum atomic E-state index is 12.2. The lowest BCUT2D eigenvalue weighted by Gasteiger charge is -2.02. The summed E-state index contributed by atoms with van der Waals surface area (Å²) in [5, 5.41) is 17.0. The lowest BCUT2D eigenvalue weighted by molar-refractivity contribution is -0.115. The van der Waals surface area contributed by atoms with Crippen molar-refractivity contribution in [2.24, 2.45) is 5.16 Å². The van der Waals surface area contributed by atoms with Crippen molar-refractivity contribution < 1.29 is 19.5 Å². The average molecular weight is 364 g/mol. The van der Waals surface area contributed by atoms with Crippen molar-refractivity contribution in [3.8, 4) is 5.75 Å². The molecule has 0 bridgehead atoms. The highest BCUT2D eigenvalue weighted by Gasteiger charge is 2.29. The number of carbonyl (C=O) groups is 1. The van der Waals surface area contributed by atoms with Gasteiger partial charge in [0, 0.05) is 0 Å². The molecule has 0 saturated carbocycles. The van der Waals surface area contributed by atoms with E-state index in [9.17, 15) is 9.90 Å². The molecule has 0 fully saturated rings. The summed E-state index contributed by atoms with van der Waals surface area (Å²) < 4.78 is 5.12. The molecule has 1 heterocycles. The van der Waals surface area contributed by atoms with Gasteiger partial charge >= 0.3 is 0 Å². The van der Waals surface area contributed by atoms with Crippen LogP contribution in [-0.4, -0.2) is 23.8 Å².